The third kappa shape index (κ3) is 2.37. The molecule has 4 heteroatoms. The van der Waals surface area contributed by atoms with Crippen molar-refractivity contribution in [1.29, 1.82) is 0 Å². The molecular formula is C17H23NO3. The van der Waals surface area contributed by atoms with Crippen LogP contribution < -0.4 is 4.74 Å². The summed E-state index contributed by atoms with van der Waals surface area (Å²) in [5, 5.41) is 22.2. The minimum absolute atomic E-state index is 0.149. The van der Waals surface area contributed by atoms with Crippen LogP contribution >= 0.6 is 0 Å². The van der Waals surface area contributed by atoms with Crippen molar-refractivity contribution in [3.8, 4) is 11.5 Å². The van der Waals surface area contributed by atoms with Gasteiger partial charge in [0.25, 0.3) is 0 Å². The molecule has 1 heterocycles. The van der Waals surface area contributed by atoms with Crippen LogP contribution in [0.25, 0.3) is 0 Å². The molecule has 1 atom stereocenters. The first-order valence-corrected chi connectivity index (χ1v) is 7.64. The van der Waals surface area contributed by atoms with E-state index in [4.69, 9.17) is 4.74 Å². The molecule has 0 radical (unpaired) electrons. The van der Waals surface area contributed by atoms with E-state index in [0.717, 1.165) is 58.4 Å². The van der Waals surface area contributed by atoms with Crippen LogP contribution in [0.1, 0.15) is 48.4 Å². The number of fused-ring (bicyclic) bond motifs is 1. The Labute approximate surface area is 125 Å². The summed E-state index contributed by atoms with van der Waals surface area (Å²) in [6.45, 7) is 7.77. The number of phenols is 1. The summed E-state index contributed by atoms with van der Waals surface area (Å²) in [6, 6.07) is 0.149. The Morgan fingerprint density at radius 1 is 1.24 bits per heavy atom. The monoisotopic (exact) mass is 289 g/mol. The zero-order valence-electron chi connectivity index (χ0n) is 13.2. The van der Waals surface area contributed by atoms with Crippen molar-refractivity contribution in [3.63, 3.8) is 0 Å². The second kappa shape index (κ2) is 4.65. The van der Waals surface area contributed by atoms with Crippen molar-refractivity contribution in [2.24, 2.45) is 0 Å². The Morgan fingerprint density at radius 2 is 1.90 bits per heavy atom. The maximum atomic E-state index is 12.0. The molecule has 1 aromatic carbocycles. The molecule has 1 N–H and O–H groups in total. The van der Waals surface area contributed by atoms with Crippen LogP contribution in [-0.4, -0.2) is 27.7 Å². The van der Waals surface area contributed by atoms with Gasteiger partial charge in [-0.1, -0.05) is 0 Å². The predicted octanol–water partition coefficient (Wildman–Crippen LogP) is 3.14. The molecule has 0 aromatic heterocycles. The van der Waals surface area contributed by atoms with E-state index in [1.807, 2.05) is 27.7 Å². The van der Waals surface area contributed by atoms with Gasteiger partial charge in [-0.25, -0.2) is 4.74 Å². The van der Waals surface area contributed by atoms with Crippen molar-refractivity contribution in [2.45, 2.75) is 65.0 Å². The van der Waals surface area contributed by atoms with Gasteiger partial charge in [0.15, 0.2) is 17.9 Å². The maximum Gasteiger partial charge on any atom is 0.194 e. The first-order chi connectivity index (χ1) is 9.82. The van der Waals surface area contributed by atoms with Gasteiger partial charge in [0.2, 0.25) is 0 Å². The maximum absolute atomic E-state index is 12.0. The average molecular weight is 289 g/mol. The van der Waals surface area contributed by atoms with Crippen LogP contribution in [0.2, 0.25) is 0 Å². The number of phenolic OH excluding ortho intramolecular Hbond substituents is 1. The highest BCUT2D eigenvalue weighted by molar-refractivity contribution is 5.67. The molecule has 2 aliphatic rings. The van der Waals surface area contributed by atoms with Gasteiger partial charge in [-0.2, -0.15) is 0 Å². The first-order valence-electron chi connectivity index (χ1n) is 7.64. The predicted molar refractivity (Wildman–Crippen MR) is 82.4 cm³/mol. The van der Waals surface area contributed by atoms with Gasteiger partial charge in [-0.3, -0.25) is 0 Å². The number of hydrogen-bond acceptors (Lipinski definition) is 3. The molecule has 1 unspecified atom stereocenters. The molecule has 0 amide bonds. The van der Waals surface area contributed by atoms with Crippen LogP contribution in [0.5, 0.6) is 11.5 Å². The molecule has 0 spiro atoms. The molecule has 1 aliphatic heterocycles. The van der Waals surface area contributed by atoms with E-state index >= 15 is 0 Å². The van der Waals surface area contributed by atoms with Gasteiger partial charge in [0.1, 0.15) is 11.5 Å². The van der Waals surface area contributed by atoms with Crippen LogP contribution in [0, 0.1) is 26.0 Å². The van der Waals surface area contributed by atoms with Crippen LogP contribution in [0.15, 0.2) is 0 Å². The molecule has 4 nitrogen and oxygen atoms in total. The van der Waals surface area contributed by atoms with E-state index < -0.39 is 5.60 Å². The van der Waals surface area contributed by atoms with Crippen molar-refractivity contribution in [1.82, 2.24) is 0 Å². The van der Waals surface area contributed by atoms with Crippen molar-refractivity contribution >= 4 is 6.21 Å². The van der Waals surface area contributed by atoms with E-state index in [0.29, 0.717) is 5.75 Å². The van der Waals surface area contributed by atoms with Crippen molar-refractivity contribution in [2.75, 3.05) is 0 Å². The second-order valence-electron chi connectivity index (χ2n) is 6.67. The Balaban J connectivity index is 2.00. The zero-order chi connectivity index (χ0) is 15.4. The number of nitrogens with zero attached hydrogens (tertiary/aromatic N) is 1. The number of hydrogen-bond donors (Lipinski definition) is 1. The summed E-state index contributed by atoms with van der Waals surface area (Å²) in [5.74, 6) is 1.21. The fraction of sp³-hybridized carbons (Fsp3) is 0.588. The standard InChI is InChI=1S/C17H23NO3/c1-10-11(2)16-14(12(3)15(10)19)7-8-17(4,21-16)9-18(20)13-5-6-13/h9,13,19H,5-8H2,1-4H3/b18-9-. The van der Waals surface area contributed by atoms with Gasteiger partial charge in [0.05, 0.1) is 0 Å². The number of aromatic hydroxyl groups is 1. The Morgan fingerprint density at radius 3 is 2.52 bits per heavy atom. The molecule has 3 rings (SSSR count). The topological polar surface area (TPSA) is 55.5 Å². The second-order valence-corrected chi connectivity index (χ2v) is 6.67. The molecule has 0 saturated heterocycles. The summed E-state index contributed by atoms with van der Waals surface area (Å²) in [6.07, 6.45) is 5.25. The molecule has 1 aliphatic carbocycles. The van der Waals surface area contributed by atoms with Crippen molar-refractivity contribution in [3.05, 3.63) is 27.5 Å². The molecule has 0 bridgehead atoms. The lowest BCUT2D eigenvalue weighted by Crippen LogP contribution is -2.41. The number of hydroxylamine groups is 1. The number of rotatable bonds is 2. The first kappa shape index (κ1) is 14.2. The Kier molecular flexibility index (Phi) is 3.15. The highest BCUT2D eigenvalue weighted by Crippen LogP contribution is 2.42. The molecule has 114 valence electrons. The molecule has 1 fully saturated rings. The highest BCUT2D eigenvalue weighted by Gasteiger charge is 2.38. The van der Waals surface area contributed by atoms with E-state index in [1.54, 1.807) is 6.21 Å². The smallest absolute Gasteiger partial charge is 0.194 e. The molecule has 1 saturated carbocycles. The third-order valence-corrected chi connectivity index (χ3v) is 4.85. The average Bonchev–Trinajstić information content (AvgIpc) is 3.27. The van der Waals surface area contributed by atoms with Crippen LogP contribution in [0.3, 0.4) is 0 Å². The number of benzene rings is 1. The lowest BCUT2D eigenvalue weighted by Gasteiger charge is -2.34. The normalized spacial score (nSPS) is 25.4. The lowest BCUT2D eigenvalue weighted by atomic mass is 9.87. The van der Waals surface area contributed by atoms with E-state index in [-0.39, 0.29) is 6.04 Å². The third-order valence-electron chi connectivity index (χ3n) is 4.85. The lowest BCUT2D eigenvalue weighted by molar-refractivity contribution is -0.472. The molecule has 21 heavy (non-hydrogen) atoms. The minimum Gasteiger partial charge on any atom is -0.624 e. The summed E-state index contributed by atoms with van der Waals surface area (Å²) in [7, 11) is 0. The summed E-state index contributed by atoms with van der Waals surface area (Å²) in [5.41, 5.74) is 3.24. The quantitative estimate of drug-likeness (QED) is 0.394. The SMILES string of the molecule is Cc1c(C)c2c(c(C)c1O)CCC(C)(/C=[N+](\[O-])C1CC1)O2. The van der Waals surface area contributed by atoms with Crippen LogP contribution in [-0.2, 0) is 6.42 Å². The zero-order valence-corrected chi connectivity index (χ0v) is 13.2. The minimum atomic E-state index is -0.558. The van der Waals surface area contributed by atoms with Gasteiger partial charge in [0, 0.05) is 24.8 Å². The van der Waals surface area contributed by atoms with Gasteiger partial charge in [-0.05, 0) is 50.8 Å². The molecular weight excluding hydrogens is 266 g/mol. The number of ether oxygens (including phenoxy) is 1. The summed E-state index contributed by atoms with van der Waals surface area (Å²) >= 11 is 0. The Hall–Kier alpha value is -1.71. The summed E-state index contributed by atoms with van der Waals surface area (Å²) in [4.78, 5) is 0. The van der Waals surface area contributed by atoms with E-state index in [1.165, 1.54) is 0 Å². The molecule has 1 aromatic rings. The van der Waals surface area contributed by atoms with Crippen LogP contribution in [0.4, 0.5) is 0 Å². The fourth-order valence-electron chi connectivity index (χ4n) is 3.06. The van der Waals surface area contributed by atoms with Gasteiger partial charge in [-0.15, -0.1) is 0 Å². The van der Waals surface area contributed by atoms with Gasteiger partial charge < -0.3 is 15.1 Å². The van der Waals surface area contributed by atoms with E-state index in [2.05, 4.69) is 0 Å². The summed E-state index contributed by atoms with van der Waals surface area (Å²) < 4.78 is 7.28. The fourth-order valence-corrected chi connectivity index (χ4v) is 3.06. The largest absolute Gasteiger partial charge is 0.624 e. The Bertz CT molecular complexity index is 632. The van der Waals surface area contributed by atoms with Gasteiger partial charge >= 0.3 is 0 Å². The van der Waals surface area contributed by atoms with E-state index in [9.17, 15) is 10.3 Å². The highest BCUT2D eigenvalue weighted by atomic mass is 16.5. The van der Waals surface area contributed by atoms with Crippen molar-refractivity contribution < 1.29 is 14.6 Å².